The van der Waals surface area contributed by atoms with Crippen molar-refractivity contribution in [3.05, 3.63) is 62.8 Å². The predicted octanol–water partition coefficient (Wildman–Crippen LogP) is 5.16. The molecule has 0 fully saturated rings. The highest BCUT2D eigenvalue weighted by Gasteiger charge is 2.06. The lowest BCUT2D eigenvalue weighted by Gasteiger charge is -2.10. The number of benzene rings is 2. The first-order chi connectivity index (χ1) is 8.58. The molecule has 94 valence electrons. The van der Waals surface area contributed by atoms with Crippen molar-refractivity contribution >= 4 is 33.2 Å². The van der Waals surface area contributed by atoms with Gasteiger partial charge in [0.05, 0.1) is 0 Å². The fraction of sp³-hybridized carbons (Fsp3) is 0.143. The van der Waals surface area contributed by atoms with Crippen molar-refractivity contribution in [2.75, 3.05) is 5.32 Å². The van der Waals surface area contributed by atoms with Crippen LogP contribution in [0.25, 0.3) is 0 Å². The van der Waals surface area contributed by atoms with Gasteiger partial charge in [-0.3, -0.25) is 0 Å². The maximum atomic E-state index is 13.6. The summed E-state index contributed by atoms with van der Waals surface area (Å²) in [5, 5.41) is 3.61. The molecule has 0 bridgehead atoms. The molecule has 18 heavy (non-hydrogen) atoms. The fourth-order valence-electron chi connectivity index (χ4n) is 1.65. The molecule has 0 unspecified atom stereocenters. The maximum absolute atomic E-state index is 13.6. The predicted molar refractivity (Wildman–Crippen MR) is 77.6 cm³/mol. The molecule has 0 saturated carbocycles. The second-order valence-corrected chi connectivity index (χ2v) is 5.28. The first-order valence-electron chi connectivity index (χ1n) is 5.51. The van der Waals surface area contributed by atoms with Crippen LogP contribution in [0, 0.1) is 12.7 Å². The van der Waals surface area contributed by atoms with E-state index in [2.05, 4.69) is 21.2 Å². The zero-order chi connectivity index (χ0) is 13.1. The molecule has 0 aliphatic carbocycles. The fourth-order valence-corrected chi connectivity index (χ4v) is 2.12. The number of halogens is 3. The Morgan fingerprint density at radius 2 is 2.06 bits per heavy atom. The molecule has 1 nitrogen and oxygen atoms in total. The third-order valence-corrected chi connectivity index (χ3v) is 3.93. The molecular weight excluding hydrogens is 317 g/mol. The Morgan fingerprint density at radius 3 is 2.72 bits per heavy atom. The van der Waals surface area contributed by atoms with Gasteiger partial charge >= 0.3 is 0 Å². The van der Waals surface area contributed by atoms with E-state index in [1.807, 2.05) is 25.1 Å². The summed E-state index contributed by atoms with van der Waals surface area (Å²) in [5.74, 6) is -0.288. The third kappa shape index (κ3) is 3.03. The number of anilines is 1. The lowest BCUT2D eigenvalue weighted by atomic mass is 10.2. The van der Waals surface area contributed by atoms with Gasteiger partial charge in [0.1, 0.15) is 5.82 Å². The number of nitrogens with one attached hydrogen (secondary N) is 1. The Labute approximate surface area is 119 Å². The molecule has 0 radical (unpaired) electrons. The van der Waals surface area contributed by atoms with Gasteiger partial charge in [-0.1, -0.05) is 33.6 Å². The number of aryl methyl sites for hydroxylation is 1. The van der Waals surface area contributed by atoms with Gasteiger partial charge in [0, 0.05) is 27.3 Å². The lowest BCUT2D eigenvalue weighted by Crippen LogP contribution is -2.02. The molecule has 4 heteroatoms. The van der Waals surface area contributed by atoms with Gasteiger partial charge < -0.3 is 5.32 Å². The van der Waals surface area contributed by atoms with Gasteiger partial charge in [-0.05, 0) is 42.8 Å². The van der Waals surface area contributed by atoms with Crippen molar-refractivity contribution in [3.63, 3.8) is 0 Å². The summed E-state index contributed by atoms with van der Waals surface area (Å²) in [6.45, 7) is 2.37. The number of hydrogen-bond acceptors (Lipinski definition) is 1. The Bertz CT molecular complexity index is 551. The van der Waals surface area contributed by atoms with Gasteiger partial charge in [-0.25, -0.2) is 4.39 Å². The molecule has 2 rings (SSSR count). The van der Waals surface area contributed by atoms with Crippen LogP contribution in [-0.4, -0.2) is 0 Å². The van der Waals surface area contributed by atoms with E-state index in [4.69, 9.17) is 11.6 Å². The van der Waals surface area contributed by atoms with Crippen LogP contribution in [0.1, 0.15) is 11.1 Å². The highest BCUT2D eigenvalue weighted by atomic mass is 79.9. The molecule has 0 aromatic heterocycles. The molecule has 0 atom stereocenters. The van der Waals surface area contributed by atoms with E-state index in [1.165, 1.54) is 6.07 Å². The zero-order valence-corrected chi connectivity index (χ0v) is 12.1. The normalized spacial score (nSPS) is 10.4. The molecule has 0 amide bonds. The van der Waals surface area contributed by atoms with Gasteiger partial charge in [-0.15, -0.1) is 0 Å². The average Bonchev–Trinajstić information content (AvgIpc) is 2.33. The summed E-state index contributed by atoms with van der Waals surface area (Å²) in [6, 6.07) is 10.6. The second kappa shape index (κ2) is 5.72. The van der Waals surface area contributed by atoms with Crippen LogP contribution in [-0.2, 0) is 6.54 Å². The minimum absolute atomic E-state index is 0.288. The summed E-state index contributed by atoms with van der Waals surface area (Å²) in [6.07, 6.45) is 0. The monoisotopic (exact) mass is 327 g/mol. The quantitative estimate of drug-likeness (QED) is 0.820. The molecule has 0 heterocycles. The van der Waals surface area contributed by atoms with Crippen LogP contribution in [0.2, 0.25) is 5.02 Å². The van der Waals surface area contributed by atoms with Crippen molar-refractivity contribution in [2.24, 2.45) is 0 Å². The molecule has 0 saturated heterocycles. The highest BCUT2D eigenvalue weighted by Crippen LogP contribution is 2.23. The molecule has 1 N–H and O–H groups in total. The average molecular weight is 329 g/mol. The standard InChI is InChI=1S/C14H12BrClFN/c1-9-7-10(5-6-12(9)15)18-8-11-13(16)3-2-4-14(11)17/h2-7,18H,8H2,1H3. The first kappa shape index (κ1) is 13.4. The van der Waals surface area contributed by atoms with Crippen molar-refractivity contribution in [1.82, 2.24) is 0 Å². The Morgan fingerprint density at radius 1 is 1.28 bits per heavy atom. The Balaban J connectivity index is 2.14. The lowest BCUT2D eigenvalue weighted by molar-refractivity contribution is 0.613. The van der Waals surface area contributed by atoms with E-state index in [9.17, 15) is 4.39 Å². The van der Waals surface area contributed by atoms with Crippen LogP contribution in [0.3, 0.4) is 0 Å². The van der Waals surface area contributed by atoms with Crippen molar-refractivity contribution < 1.29 is 4.39 Å². The van der Waals surface area contributed by atoms with Gasteiger partial charge in [0.25, 0.3) is 0 Å². The van der Waals surface area contributed by atoms with E-state index in [0.29, 0.717) is 17.1 Å². The molecule has 2 aromatic rings. The third-order valence-electron chi connectivity index (χ3n) is 2.69. The molecule has 0 spiro atoms. The maximum Gasteiger partial charge on any atom is 0.129 e. The topological polar surface area (TPSA) is 12.0 Å². The Hall–Kier alpha value is -1.06. The summed E-state index contributed by atoms with van der Waals surface area (Å²) < 4.78 is 14.6. The first-order valence-corrected chi connectivity index (χ1v) is 6.68. The summed E-state index contributed by atoms with van der Waals surface area (Å²) in [5.41, 5.74) is 2.55. The van der Waals surface area contributed by atoms with Crippen LogP contribution in [0.4, 0.5) is 10.1 Å². The zero-order valence-electron chi connectivity index (χ0n) is 9.81. The largest absolute Gasteiger partial charge is 0.381 e. The SMILES string of the molecule is Cc1cc(NCc2c(F)cccc2Cl)ccc1Br. The minimum atomic E-state index is -0.288. The van der Waals surface area contributed by atoms with E-state index in [-0.39, 0.29) is 5.82 Å². The highest BCUT2D eigenvalue weighted by molar-refractivity contribution is 9.10. The van der Waals surface area contributed by atoms with E-state index in [0.717, 1.165) is 15.7 Å². The number of hydrogen-bond donors (Lipinski definition) is 1. The van der Waals surface area contributed by atoms with Gasteiger partial charge in [0.2, 0.25) is 0 Å². The van der Waals surface area contributed by atoms with Gasteiger partial charge in [0.15, 0.2) is 0 Å². The van der Waals surface area contributed by atoms with E-state index < -0.39 is 0 Å². The Kier molecular flexibility index (Phi) is 4.25. The summed E-state index contributed by atoms with van der Waals surface area (Å²) in [4.78, 5) is 0. The minimum Gasteiger partial charge on any atom is -0.381 e. The summed E-state index contributed by atoms with van der Waals surface area (Å²) in [7, 11) is 0. The van der Waals surface area contributed by atoms with Crippen LogP contribution < -0.4 is 5.32 Å². The molecular formula is C14H12BrClFN. The molecule has 0 aliphatic heterocycles. The van der Waals surface area contributed by atoms with E-state index >= 15 is 0 Å². The van der Waals surface area contributed by atoms with Crippen LogP contribution in [0.5, 0.6) is 0 Å². The van der Waals surface area contributed by atoms with Crippen molar-refractivity contribution in [1.29, 1.82) is 0 Å². The van der Waals surface area contributed by atoms with Crippen molar-refractivity contribution in [2.45, 2.75) is 13.5 Å². The molecule has 0 aliphatic rings. The van der Waals surface area contributed by atoms with Crippen LogP contribution in [0.15, 0.2) is 40.9 Å². The summed E-state index contributed by atoms with van der Waals surface area (Å²) >= 11 is 9.40. The molecule has 2 aromatic carbocycles. The second-order valence-electron chi connectivity index (χ2n) is 4.02. The smallest absolute Gasteiger partial charge is 0.129 e. The number of rotatable bonds is 3. The van der Waals surface area contributed by atoms with Crippen molar-refractivity contribution in [3.8, 4) is 0 Å². The van der Waals surface area contributed by atoms with E-state index in [1.54, 1.807) is 12.1 Å². The van der Waals surface area contributed by atoms with Gasteiger partial charge in [-0.2, -0.15) is 0 Å². The van der Waals surface area contributed by atoms with Crippen LogP contribution >= 0.6 is 27.5 Å².